The second kappa shape index (κ2) is 3.45. The van der Waals surface area contributed by atoms with Gasteiger partial charge in [-0.05, 0) is 20.9 Å². The first-order valence-electron chi connectivity index (χ1n) is 2.63. The van der Waals surface area contributed by atoms with Crippen molar-refractivity contribution in [1.29, 1.82) is 5.26 Å². The van der Waals surface area contributed by atoms with Gasteiger partial charge in [0.05, 0.1) is 12.1 Å². The van der Waals surface area contributed by atoms with Crippen molar-refractivity contribution in [3.63, 3.8) is 0 Å². The molecule has 2 nitrogen and oxygen atoms in total. The fourth-order valence-electron chi connectivity index (χ4n) is 0.315. The van der Waals surface area contributed by atoms with E-state index < -0.39 is 0 Å². The molecule has 0 spiro atoms. The molecule has 0 aromatic rings. The Bertz CT molecular complexity index is 93.2. The molecule has 2 heteroatoms. The number of nitrogens with zero attached hydrogens (tertiary/aromatic N) is 2. The Labute approximate surface area is 50.7 Å². The lowest BCUT2D eigenvalue weighted by Crippen LogP contribution is -2.23. The van der Waals surface area contributed by atoms with Crippen LogP contribution in [-0.2, 0) is 0 Å². The number of nitriles is 1. The molecule has 0 saturated carbocycles. The molecular formula is C6H11N2. The molecule has 0 aliphatic carbocycles. The summed E-state index contributed by atoms with van der Waals surface area (Å²) in [6, 6.07) is 2.11. The van der Waals surface area contributed by atoms with Gasteiger partial charge < -0.3 is 0 Å². The van der Waals surface area contributed by atoms with E-state index in [-0.39, 0.29) is 6.04 Å². The molecule has 0 fully saturated rings. The molecular weight excluding hydrogens is 100 g/mol. The van der Waals surface area contributed by atoms with Crippen LogP contribution in [0.3, 0.4) is 0 Å². The summed E-state index contributed by atoms with van der Waals surface area (Å²) in [6.07, 6.45) is 0. The van der Waals surface area contributed by atoms with Crippen molar-refractivity contribution < 1.29 is 0 Å². The van der Waals surface area contributed by atoms with Crippen LogP contribution >= 0.6 is 0 Å². The van der Waals surface area contributed by atoms with Crippen molar-refractivity contribution >= 4 is 0 Å². The Hall–Kier alpha value is -0.550. The van der Waals surface area contributed by atoms with Crippen molar-refractivity contribution in [3.8, 4) is 6.07 Å². The summed E-state index contributed by atoms with van der Waals surface area (Å²) < 4.78 is 0. The van der Waals surface area contributed by atoms with Gasteiger partial charge in [0.2, 0.25) is 0 Å². The van der Waals surface area contributed by atoms with Gasteiger partial charge in [0.25, 0.3) is 0 Å². The first-order valence-corrected chi connectivity index (χ1v) is 2.63. The van der Waals surface area contributed by atoms with Crippen LogP contribution in [0.1, 0.15) is 13.8 Å². The molecule has 0 N–H and O–H groups in total. The van der Waals surface area contributed by atoms with Crippen LogP contribution in [0.4, 0.5) is 0 Å². The Morgan fingerprint density at radius 3 is 2.38 bits per heavy atom. The van der Waals surface area contributed by atoms with Crippen molar-refractivity contribution in [2.45, 2.75) is 19.9 Å². The average molecular weight is 111 g/mol. The molecule has 0 aromatic heterocycles. The molecule has 8 heavy (non-hydrogen) atoms. The smallest absolute Gasteiger partial charge is 0.0949 e. The van der Waals surface area contributed by atoms with Crippen LogP contribution in [0.2, 0.25) is 0 Å². The molecule has 1 unspecified atom stereocenters. The SMILES string of the molecule is C[CH]N(C)C(C)C#N. The Kier molecular flexibility index (Phi) is 3.21. The summed E-state index contributed by atoms with van der Waals surface area (Å²) in [5, 5.41) is 8.32. The summed E-state index contributed by atoms with van der Waals surface area (Å²) in [6.45, 7) is 5.65. The van der Waals surface area contributed by atoms with Crippen LogP contribution in [0.5, 0.6) is 0 Å². The molecule has 1 atom stereocenters. The van der Waals surface area contributed by atoms with Gasteiger partial charge >= 0.3 is 0 Å². The molecule has 0 amide bonds. The summed E-state index contributed by atoms with van der Waals surface area (Å²) in [7, 11) is 1.88. The summed E-state index contributed by atoms with van der Waals surface area (Å²) in [5.74, 6) is 0. The van der Waals surface area contributed by atoms with E-state index >= 15 is 0 Å². The lowest BCUT2D eigenvalue weighted by molar-refractivity contribution is 0.373. The van der Waals surface area contributed by atoms with Crippen molar-refractivity contribution in [3.05, 3.63) is 6.54 Å². The quantitative estimate of drug-likeness (QED) is 0.531. The van der Waals surface area contributed by atoms with Crippen LogP contribution in [0.15, 0.2) is 0 Å². The van der Waals surface area contributed by atoms with Gasteiger partial charge in [-0.15, -0.1) is 0 Å². The lowest BCUT2D eigenvalue weighted by Gasteiger charge is -2.14. The summed E-state index contributed by atoms with van der Waals surface area (Å²) in [5.41, 5.74) is 0. The van der Waals surface area contributed by atoms with Crippen LogP contribution in [0.25, 0.3) is 0 Å². The monoisotopic (exact) mass is 111 g/mol. The van der Waals surface area contributed by atoms with Crippen LogP contribution in [0, 0.1) is 17.9 Å². The zero-order valence-corrected chi connectivity index (χ0v) is 5.55. The molecule has 0 aliphatic rings. The molecule has 0 bridgehead atoms. The van der Waals surface area contributed by atoms with Crippen molar-refractivity contribution in [2.24, 2.45) is 0 Å². The normalized spacial score (nSPS) is 13.4. The van der Waals surface area contributed by atoms with Crippen LogP contribution in [-0.4, -0.2) is 18.0 Å². The molecule has 1 radical (unpaired) electrons. The van der Waals surface area contributed by atoms with Gasteiger partial charge in [0.1, 0.15) is 0 Å². The van der Waals surface area contributed by atoms with E-state index in [9.17, 15) is 0 Å². The van der Waals surface area contributed by atoms with Gasteiger partial charge in [0, 0.05) is 6.54 Å². The van der Waals surface area contributed by atoms with Gasteiger partial charge in [0.15, 0.2) is 0 Å². The predicted octanol–water partition coefficient (Wildman–Crippen LogP) is 1.01. The number of hydrogen-bond acceptors (Lipinski definition) is 2. The minimum Gasteiger partial charge on any atom is -0.287 e. The maximum Gasteiger partial charge on any atom is 0.0949 e. The first kappa shape index (κ1) is 7.45. The van der Waals surface area contributed by atoms with Gasteiger partial charge in [-0.25, -0.2) is 0 Å². The molecule has 45 valence electrons. The molecule has 0 saturated heterocycles. The van der Waals surface area contributed by atoms with Crippen molar-refractivity contribution in [2.75, 3.05) is 7.05 Å². The standard InChI is InChI=1S/C6H11N2/c1-4-8(3)6(2)5-7/h4,6H,1-3H3. The topological polar surface area (TPSA) is 27.0 Å². The minimum absolute atomic E-state index is 0.000000000000000222. The molecule has 0 aliphatic heterocycles. The van der Waals surface area contributed by atoms with Gasteiger partial charge in [-0.2, -0.15) is 5.26 Å². The van der Waals surface area contributed by atoms with Crippen LogP contribution < -0.4 is 0 Å². The fourth-order valence-corrected chi connectivity index (χ4v) is 0.315. The third-order valence-corrected chi connectivity index (χ3v) is 1.21. The van der Waals surface area contributed by atoms with E-state index in [0.717, 1.165) is 0 Å². The average Bonchev–Trinajstić information content (AvgIpc) is 1.84. The van der Waals surface area contributed by atoms with E-state index in [1.165, 1.54) is 0 Å². The zero-order valence-electron chi connectivity index (χ0n) is 5.55. The zero-order chi connectivity index (χ0) is 6.57. The summed E-state index contributed by atoms with van der Waals surface area (Å²) >= 11 is 0. The molecule has 0 aromatic carbocycles. The highest BCUT2D eigenvalue weighted by atomic mass is 15.1. The predicted molar refractivity (Wildman–Crippen MR) is 32.8 cm³/mol. The largest absolute Gasteiger partial charge is 0.287 e. The maximum absolute atomic E-state index is 8.32. The van der Waals surface area contributed by atoms with Gasteiger partial charge in [-0.1, -0.05) is 0 Å². The highest BCUT2D eigenvalue weighted by Gasteiger charge is 2.02. The summed E-state index contributed by atoms with van der Waals surface area (Å²) in [4.78, 5) is 1.86. The van der Waals surface area contributed by atoms with E-state index in [1.54, 1.807) is 0 Å². The first-order chi connectivity index (χ1) is 3.72. The molecule has 0 rings (SSSR count). The molecule has 0 heterocycles. The lowest BCUT2D eigenvalue weighted by atomic mass is 10.3. The van der Waals surface area contributed by atoms with E-state index in [0.29, 0.717) is 0 Å². The van der Waals surface area contributed by atoms with E-state index in [1.807, 2.05) is 32.3 Å². The van der Waals surface area contributed by atoms with E-state index in [2.05, 4.69) is 6.07 Å². The third-order valence-electron chi connectivity index (χ3n) is 1.21. The number of hydrogen-bond donors (Lipinski definition) is 0. The second-order valence-electron chi connectivity index (χ2n) is 1.73. The second-order valence-corrected chi connectivity index (χ2v) is 1.73. The third kappa shape index (κ3) is 1.94. The Balaban J connectivity index is 3.49. The highest BCUT2D eigenvalue weighted by Crippen LogP contribution is 1.93. The van der Waals surface area contributed by atoms with Gasteiger partial charge in [-0.3, -0.25) is 4.90 Å². The van der Waals surface area contributed by atoms with E-state index in [4.69, 9.17) is 5.26 Å². The Morgan fingerprint density at radius 1 is 1.75 bits per heavy atom. The fraction of sp³-hybridized carbons (Fsp3) is 0.667. The highest BCUT2D eigenvalue weighted by molar-refractivity contribution is 4.87. The van der Waals surface area contributed by atoms with Crippen molar-refractivity contribution in [1.82, 2.24) is 4.90 Å². The maximum atomic E-state index is 8.32. The minimum atomic E-state index is -0.000000000000000222. The Morgan fingerprint density at radius 2 is 2.25 bits per heavy atom. The number of rotatable bonds is 2.